The number of benzene rings is 1. The average molecular weight is 491 g/mol. The number of nitrogens with one attached hydrogen (secondary N) is 1. The van der Waals surface area contributed by atoms with Crippen LogP contribution in [0, 0.1) is 5.41 Å². The van der Waals surface area contributed by atoms with E-state index in [0.717, 1.165) is 45.3 Å². The van der Waals surface area contributed by atoms with Crippen LogP contribution in [0.1, 0.15) is 36.0 Å². The number of piperidine rings is 2. The lowest BCUT2D eigenvalue weighted by Gasteiger charge is -2.47. The second-order valence-electron chi connectivity index (χ2n) is 9.14. The number of hydrogen-bond donors (Lipinski definition) is 1. The number of likely N-dealkylation sites (tertiary alicyclic amines) is 2. The first-order valence-corrected chi connectivity index (χ1v) is 11.9. The lowest BCUT2D eigenvalue weighted by Crippen LogP contribution is -2.49. The highest BCUT2D eigenvalue weighted by Gasteiger charge is 2.39. The van der Waals surface area contributed by atoms with Crippen molar-refractivity contribution in [1.29, 1.82) is 0 Å². The maximum atomic E-state index is 13.2. The molecule has 2 aliphatic heterocycles. The number of carbonyl (C=O) groups excluding carboxylic acids is 1. The molecular weight excluding hydrogens is 460 g/mol. The molecule has 0 saturated carbocycles. The van der Waals surface area contributed by atoms with E-state index < -0.39 is 11.2 Å². The Balaban J connectivity index is 1.40. The number of H-pyrrole nitrogens is 1. The molecule has 2 aliphatic rings. The van der Waals surface area contributed by atoms with Crippen molar-refractivity contribution in [3.05, 3.63) is 61.9 Å². The largest absolute Gasteiger partial charge is 0.355 e. The number of halogens is 1. The highest BCUT2D eigenvalue weighted by atomic mass is 35.5. The second kappa shape index (κ2) is 10.4. The third-order valence-corrected chi connectivity index (χ3v) is 7.56. The van der Waals surface area contributed by atoms with Crippen LogP contribution in [0.5, 0.6) is 0 Å². The van der Waals surface area contributed by atoms with Gasteiger partial charge in [0.2, 0.25) is 0 Å². The Morgan fingerprint density at radius 3 is 2.32 bits per heavy atom. The van der Waals surface area contributed by atoms with Gasteiger partial charge in [0.05, 0.1) is 10.7 Å². The SMILES string of the molecule is COC(CN1CCC2(CC1)CCN(C(=O)c1ccc(Cl)c(-n3ccc(=O)[nH]c3=O)c1)CC2)OC. The van der Waals surface area contributed by atoms with Gasteiger partial charge >= 0.3 is 5.69 Å². The van der Waals surface area contributed by atoms with E-state index in [1.807, 2.05) is 4.90 Å². The van der Waals surface area contributed by atoms with Crippen molar-refractivity contribution in [2.45, 2.75) is 32.0 Å². The fraction of sp³-hybridized carbons (Fsp3) is 0.542. The zero-order valence-corrected chi connectivity index (χ0v) is 20.3. The summed E-state index contributed by atoms with van der Waals surface area (Å²) in [6.07, 6.45) is 5.32. The molecule has 1 N–H and O–H groups in total. The predicted molar refractivity (Wildman–Crippen MR) is 129 cm³/mol. The molecule has 10 heteroatoms. The minimum absolute atomic E-state index is 0.0780. The van der Waals surface area contributed by atoms with E-state index in [-0.39, 0.29) is 17.6 Å². The average Bonchev–Trinajstić information content (AvgIpc) is 2.84. The zero-order valence-electron chi connectivity index (χ0n) is 19.6. The second-order valence-corrected chi connectivity index (χ2v) is 9.55. The summed E-state index contributed by atoms with van der Waals surface area (Å²) >= 11 is 6.30. The predicted octanol–water partition coefficient (Wildman–Crippen LogP) is 2.12. The Kier molecular flexibility index (Phi) is 7.57. The highest BCUT2D eigenvalue weighted by Crippen LogP contribution is 2.41. The normalized spacial score (nSPS) is 18.5. The number of rotatable bonds is 6. The molecule has 2 aromatic rings. The monoisotopic (exact) mass is 490 g/mol. The van der Waals surface area contributed by atoms with Crippen LogP contribution in [0.15, 0.2) is 40.1 Å². The van der Waals surface area contributed by atoms with Gasteiger partial charge in [0.1, 0.15) is 0 Å². The standard InChI is InChI=1S/C24H31ClN4O5/c1-33-21(34-2)16-27-11-6-24(7-12-27)8-13-28(14-9-24)22(31)17-3-4-18(25)19(15-17)29-10-5-20(30)26-23(29)32/h3-5,10,15,21H,6-9,11-14,16H2,1-2H3,(H,26,30,32). The first kappa shape index (κ1) is 24.7. The van der Waals surface area contributed by atoms with E-state index in [0.29, 0.717) is 29.4 Å². The lowest BCUT2D eigenvalue weighted by molar-refractivity contribution is -0.121. The highest BCUT2D eigenvalue weighted by molar-refractivity contribution is 6.32. The third kappa shape index (κ3) is 5.27. The topological polar surface area (TPSA) is 96.9 Å². The smallest absolute Gasteiger partial charge is 0.332 e. The molecule has 1 aromatic carbocycles. The molecule has 0 radical (unpaired) electrons. The van der Waals surface area contributed by atoms with Crippen LogP contribution >= 0.6 is 11.6 Å². The van der Waals surface area contributed by atoms with Gasteiger partial charge in [-0.2, -0.15) is 0 Å². The van der Waals surface area contributed by atoms with E-state index >= 15 is 0 Å². The zero-order chi connectivity index (χ0) is 24.3. The maximum Gasteiger partial charge on any atom is 0.332 e. The molecule has 0 atom stereocenters. The van der Waals surface area contributed by atoms with Crippen LogP contribution in [0.25, 0.3) is 5.69 Å². The molecule has 2 fully saturated rings. The number of nitrogens with zero attached hydrogens (tertiary/aromatic N) is 3. The lowest BCUT2D eigenvalue weighted by atomic mass is 9.71. The van der Waals surface area contributed by atoms with Gasteiger partial charge in [-0.1, -0.05) is 11.6 Å². The number of carbonyl (C=O) groups is 1. The molecule has 2 saturated heterocycles. The summed E-state index contributed by atoms with van der Waals surface area (Å²) < 4.78 is 11.9. The third-order valence-electron chi connectivity index (χ3n) is 7.24. The molecular formula is C24H31ClN4O5. The Labute approximate surface area is 203 Å². The van der Waals surface area contributed by atoms with Crippen LogP contribution < -0.4 is 11.2 Å². The summed E-state index contributed by atoms with van der Waals surface area (Å²) in [5.74, 6) is -0.0780. The molecule has 9 nitrogen and oxygen atoms in total. The van der Waals surface area contributed by atoms with E-state index in [1.165, 1.54) is 16.8 Å². The Morgan fingerprint density at radius 2 is 1.71 bits per heavy atom. The molecule has 1 spiro atoms. The van der Waals surface area contributed by atoms with E-state index in [4.69, 9.17) is 21.1 Å². The van der Waals surface area contributed by atoms with Gasteiger partial charge < -0.3 is 14.4 Å². The number of aromatic amines is 1. The number of ether oxygens (including phenoxy) is 2. The van der Waals surface area contributed by atoms with Crippen molar-refractivity contribution in [1.82, 2.24) is 19.4 Å². The van der Waals surface area contributed by atoms with Crippen molar-refractivity contribution >= 4 is 17.5 Å². The maximum absolute atomic E-state index is 13.2. The summed E-state index contributed by atoms with van der Waals surface area (Å²) in [5, 5.41) is 0.319. The molecule has 184 valence electrons. The van der Waals surface area contributed by atoms with Crippen molar-refractivity contribution in [2.24, 2.45) is 5.41 Å². The first-order chi connectivity index (χ1) is 16.3. The number of hydrogen-bond acceptors (Lipinski definition) is 6. The number of methoxy groups -OCH3 is 2. The van der Waals surface area contributed by atoms with Crippen LogP contribution in [0.2, 0.25) is 5.02 Å². The fourth-order valence-corrected chi connectivity index (χ4v) is 5.18. The molecule has 4 rings (SSSR count). The van der Waals surface area contributed by atoms with Crippen LogP contribution in [-0.2, 0) is 9.47 Å². The summed E-state index contributed by atoms with van der Waals surface area (Å²) in [7, 11) is 3.32. The van der Waals surface area contributed by atoms with E-state index in [2.05, 4.69) is 9.88 Å². The van der Waals surface area contributed by atoms with Crippen molar-refractivity contribution in [3.8, 4) is 5.69 Å². The van der Waals surface area contributed by atoms with Crippen molar-refractivity contribution in [3.63, 3.8) is 0 Å². The molecule has 0 unspecified atom stereocenters. The molecule has 0 aliphatic carbocycles. The van der Waals surface area contributed by atoms with E-state index in [1.54, 1.807) is 32.4 Å². The Hall–Kier alpha value is -2.46. The van der Waals surface area contributed by atoms with E-state index in [9.17, 15) is 14.4 Å². The molecule has 3 heterocycles. The molecule has 1 amide bonds. The fourth-order valence-electron chi connectivity index (χ4n) is 4.97. The van der Waals surface area contributed by atoms with Crippen molar-refractivity contribution in [2.75, 3.05) is 46.9 Å². The van der Waals surface area contributed by atoms with Gasteiger partial charge in [0.25, 0.3) is 11.5 Å². The number of aromatic nitrogens is 2. The molecule has 34 heavy (non-hydrogen) atoms. The van der Waals surface area contributed by atoms with Crippen LogP contribution in [0.3, 0.4) is 0 Å². The molecule has 1 aromatic heterocycles. The summed E-state index contributed by atoms with van der Waals surface area (Å²) in [4.78, 5) is 43.3. The quantitative estimate of drug-likeness (QED) is 0.623. The van der Waals surface area contributed by atoms with Gasteiger partial charge in [-0.25, -0.2) is 4.79 Å². The van der Waals surface area contributed by atoms with Crippen LogP contribution in [-0.4, -0.2) is 78.5 Å². The van der Waals surface area contributed by atoms with Gasteiger partial charge in [-0.05, 0) is 62.4 Å². The summed E-state index contributed by atoms with van der Waals surface area (Å²) in [6.45, 7) is 4.19. The minimum atomic E-state index is -0.604. The first-order valence-electron chi connectivity index (χ1n) is 11.5. The van der Waals surface area contributed by atoms with Crippen molar-refractivity contribution < 1.29 is 14.3 Å². The summed E-state index contributed by atoms with van der Waals surface area (Å²) in [6, 6.07) is 6.13. The van der Waals surface area contributed by atoms with Gasteiger partial charge in [0, 0.05) is 51.7 Å². The van der Waals surface area contributed by atoms with Gasteiger partial charge in [-0.15, -0.1) is 0 Å². The minimum Gasteiger partial charge on any atom is -0.355 e. The Morgan fingerprint density at radius 1 is 1.06 bits per heavy atom. The van der Waals surface area contributed by atoms with Gasteiger partial charge in [-0.3, -0.25) is 24.0 Å². The molecule has 0 bridgehead atoms. The summed E-state index contributed by atoms with van der Waals surface area (Å²) in [5.41, 5.74) is 0.00746. The Bertz CT molecular complexity index is 1120. The van der Waals surface area contributed by atoms with Crippen LogP contribution in [0.4, 0.5) is 0 Å². The number of amides is 1. The van der Waals surface area contributed by atoms with Gasteiger partial charge in [0.15, 0.2) is 6.29 Å².